The Hall–Kier alpha value is -1.47. The van der Waals surface area contributed by atoms with Gasteiger partial charge in [-0.05, 0) is 26.0 Å². The molecular formula is C13H18N2O4S. The SMILES string of the molecule is CC1(C)CN(C(=O)CS(=O)(=O)c2cccnc2)CCO1. The fraction of sp³-hybridized carbons (Fsp3) is 0.538. The number of nitrogens with zero attached hydrogens (tertiary/aromatic N) is 2. The van der Waals surface area contributed by atoms with Gasteiger partial charge in [0.2, 0.25) is 5.91 Å². The largest absolute Gasteiger partial charge is 0.372 e. The quantitative estimate of drug-likeness (QED) is 0.812. The molecule has 20 heavy (non-hydrogen) atoms. The van der Waals surface area contributed by atoms with Gasteiger partial charge in [-0.2, -0.15) is 0 Å². The van der Waals surface area contributed by atoms with E-state index >= 15 is 0 Å². The van der Waals surface area contributed by atoms with Crippen molar-refractivity contribution in [2.45, 2.75) is 24.3 Å². The number of rotatable bonds is 3. The number of aromatic nitrogens is 1. The minimum atomic E-state index is -3.64. The molecule has 0 atom stereocenters. The van der Waals surface area contributed by atoms with Crippen molar-refractivity contribution in [3.8, 4) is 0 Å². The van der Waals surface area contributed by atoms with Gasteiger partial charge in [0.25, 0.3) is 0 Å². The highest BCUT2D eigenvalue weighted by molar-refractivity contribution is 7.92. The average molecular weight is 298 g/mol. The Morgan fingerprint density at radius 1 is 1.50 bits per heavy atom. The fourth-order valence-corrected chi connectivity index (χ4v) is 3.28. The maximum absolute atomic E-state index is 12.1. The molecule has 110 valence electrons. The molecule has 0 aromatic carbocycles. The van der Waals surface area contributed by atoms with Crippen LogP contribution in [-0.4, -0.2) is 55.3 Å². The number of hydrogen-bond donors (Lipinski definition) is 0. The van der Waals surface area contributed by atoms with Crippen molar-refractivity contribution in [3.05, 3.63) is 24.5 Å². The van der Waals surface area contributed by atoms with Gasteiger partial charge in [0.05, 0.1) is 17.1 Å². The highest BCUT2D eigenvalue weighted by atomic mass is 32.2. The molecule has 1 aromatic rings. The normalized spacial score (nSPS) is 18.8. The molecule has 0 radical (unpaired) electrons. The molecule has 0 saturated carbocycles. The summed E-state index contributed by atoms with van der Waals surface area (Å²) in [6, 6.07) is 2.98. The number of hydrogen-bond acceptors (Lipinski definition) is 5. The zero-order chi connectivity index (χ0) is 14.8. The number of pyridine rings is 1. The Balaban J connectivity index is 2.08. The Bertz CT molecular complexity index is 584. The number of amides is 1. The van der Waals surface area contributed by atoms with Crippen molar-refractivity contribution < 1.29 is 17.9 Å². The van der Waals surface area contributed by atoms with Gasteiger partial charge < -0.3 is 9.64 Å². The molecule has 0 aliphatic carbocycles. The first kappa shape index (κ1) is 14.9. The van der Waals surface area contributed by atoms with Crippen LogP contribution in [0.5, 0.6) is 0 Å². The van der Waals surface area contributed by atoms with Crippen LogP contribution in [0.3, 0.4) is 0 Å². The third kappa shape index (κ3) is 3.55. The molecule has 1 fully saturated rings. The van der Waals surface area contributed by atoms with Crippen LogP contribution in [-0.2, 0) is 19.4 Å². The number of ether oxygens (including phenoxy) is 1. The summed E-state index contributed by atoms with van der Waals surface area (Å²) < 4.78 is 29.8. The predicted molar refractivity (Wildman–Crippen MR) is 72.9 cm³/mol. The van der Waals surface area contributed by atoms with Crippen LogP contribution < -0.4 is 0 Å². The first-order valence-corrected chi connectivity index (χ1v) is 8.00. The Labute approximate surface area is 118 Å². The monoisotopic (exact) mass is 298 g/mol. The lowest BCUT2D eigenvalue weighted by atomic mass is 10.1. The summed E-state index contributed by atoms with van der Waals surface area (Å²) in [5.74, 6) is -0.931. The van der Waals surface area contributed by atoms with Crippen LogP contribution in [0.15, 0.2) is 29.4 Å². The molecule has 2 heterocycles. The van der Waals surface area contributed by atoms with E-state index in [9.17, 15) is 13.2 Å². The van der Waals surface area contributed by atoms with Gasteiger partial charge in [-0.25, -0.2) is 8.42 Å². The summed E-state index contributed by atoms with van der Waals surface area (Å²) in [5, 5.41) is 0. The molecule has 1 aliphatic rings. The Morgan fingerprint density at radius 2 is 2.25 bits per heavy atom. The van der Waals surface area contributed by atoms with Crippen LogP contribution >= 0.6 is 0 Å². The van der Waals surface area contributed by atoms with E-state index in [0.29, 0.717) is 19.7 Å². The second-order valence-electron chi connectivity index (χ2n) is 5.37. The van der Waals surface area contributed by atoms with E-state index in [4.69, 9.17) is 4.74 Å². The predicted octanol–water partition coefficient (Wildman–Crippen LogP) is 0.493. The lowest BCUT2D eigenvalue weighted by Gasteiger charge is -2.38. The molecule has 1 amide bonds. The van der Waals surface area contributed by atoms with Gasteiger partial charge in [-0.1, -0.05) is 0 Å². The highest BCUT2D eigenvalue weighted by Crippen LogP contribution is 2.17. The van der Waals surface area contributed by atoms with Crippen LogP contribution in [0.4, 0.5) is 0 Å². The Morgan fingerprint density at radius 3 is 2.85 bits per heavy atom. The minimum absolute atomic E-state index is 0.0702. The van der Waals surface area contributed by atoms with Crippen LogP contribution in [0, 0.1) is 0 Å². The summed E-state index contributed by atoms with van der Waals surface area (Å²) in [4.78, 5) is 17.5. The summed E-state index contributed by atoms with van der Waals surface area (Å²) >= 11 is 0. The van der Waals surface area contributed by atoms with E-state index in [1.165, 1.54) is 29.4 Å². The molecule has 0 bridgehead atoms. The van der Waals surface area contributed by atoms with Crippen LogP contribution in [0.1, 0.15) is 13.8 Å². The summed E-state index contributed by atoms with van der Waals surface area (Å²) in [6.07, 6.45) is 2.75. The van der Waals surface area contributed by atoms with Gasteiger partial charge in [0.1, 0.15) is 5.75 Å². The zero-order valence-electron chi connectivity index (χ0n) is 11.6. The van der Waals surface area contributed by atoms with Crippen molar-refractivity contribution in [3.63, 3.8) is 0 Å². The first-order chi connectivity index (χ1) is 9.30. The van der Waals surface area contributed by atoms with Gasteiger partial charge >= 0.3 is 0 Å². The van der Waals surface area contributed by atoms with E-state index in [1.807, 2.05) is 13.8 Å². The number of carbonyl (C=O) groups excluding carboxylic acids is 1. The lowest BCUT2D eigenvalue weighted by Crippen LogP contribution is -2.51. The van der Waals surface area contributed by atoms with Crippen molar-refractivity contribution in [2.75, 3.05) is 25.4 Å². The number of morpholine rings is 1. The fourth-order valence-electron chi connectivity index (χ4n) is 2.10. The number of carbonyl (C=O) groups is 1. The Kier molecular flexibility index (Phi) is 4.10. The standard InChI is InChI=1S/C13H18N2O4S/c1-13(2)10-15(6-7-19-13)12(16)9-20(17,18)11-4-3-5-14-8-11/h3-5,8H,6-7,9-10H2,1-2H3. The third-order valence-electron chi connectivity index (χ3n) is 3.09. The molecular weight excluding hydrogens is 280 g/mol. The second kappa shape index (κ2) is 5.49. The molecule has 0 unspecified atom stereocenters. The van der Waals surface area contributed by atoms with E-state index in [-0.39, 0.29) is 4.90 Å². The highest BCUT2D eigenvalue weighted by Gasteiger charge is 2.32. The minimum Gasteiger partial charge on any atom is -0.372 e. The van der Waals surface area contributed by atoms with Crippen molar-refractivity contribution in [1.29, 1.82) is 0 Å². The van der Waals surface area contributed by atoms with E-state index < -0.39 is 27.1 Å². The smallest absolute Gasteiger partial charge is 0.238 e. The molecule has 1 saturated heterocycles. The average Bonchev–Trinajstić information content (AvgIpc) is 2.38. The van der Waals surface area contributed by atoms with Crippen molar-refractivity contribution >= 4 is 15.7 Å². The molecule has 0 N–H and O–H groups in total. The summed E-state index contributed by atoms with van der Waals surface area (Å²) in [7, 11) is -3.64. The first-order valence-electron chi connectivity index (χ1n) is 6.35. The molecule has 1 aromatic heterocycles. The molecule has 7 heteroatoms. The second-order valence-corrected chi connectivity index (χ2v) is 7.36. The van der Waals surface area contributed by atoms with Gasteiger partial charge in [-0.3, -0.25) is 9.78 Å². The molecule has 2 rings (SSSR count). The van der Waals surface area contributed by atoms with Gasteiger partial charge in [0.15, 0.2) is 9.84 Å². The van der Waals surface area contributed by atoms with E-state index in [0.717, 1.165) is 0 Å². The summed E-state index contributed by atoms with van der Waals surface area (Å²) in [6.45, 7) is 5.00. The number of sulfone groups is 1. The maximum atomic E-state index is 12.1. The van der Waals surface area contributed by atoms with Crippen molar-refractivity contribution in [2.24, 2.45) is 0 Å². The molecule has 0 spiro atoms. The third-order valence-corrected chi connectivity index (χ3v) is 4.67. The van der Waals surface area contributed by atoms with E-state index in [1.54, 1.807) is 0 Å². The van der Waals surface area contributed by atoms with Gasteiger partial charge in [-0.15, -0.1) is 0 Å². The van der Waals surface area contributed by atoms with E-state index in [2.05, 4.69) is 4.98 Å². The van der Waals surface area contributed by atoms with Crippen LogP contribution in [0.2, 0.25) is 0 Å². The van der Waals surface area contributed by atoms with Gasteiger partial charge in [0, 0.05) is 25.5 Å². The van der Waals surface area contributed by atoms with Crippen LogP contribution in [0.25, 0.3) is 0 Å². The molecule has 6 nitrogen and oxygen atoms in total. The molecule has 1 aliphatic heterocycles. The summed E-state index contributed by atoms with van der Waals surface area (Å²) in [5.41, 5.74) is -0.439. The maximum Gasteiger partial charge on any atom is 0.238 e. The zero-order valence-corrected chi connectivity index (χ0v) is 12.4. The lowest BCUT2D eigenvalue weighted by molar-refractivity contribution is -0.143. The topological polar surface area (TPSA) is 76.6 Å². The van der Waals surface area contributed by atoms with Crippen molar-refractivity contribution in [1.82, 2.24) is 9.88 Å².